The van der Waals surface area contributed by atoms with E-state index < -0.39 is 27.9 Å². The van der Waals surface area contributed by atoms with Crippen molar-refractivity contribution in [3.8, 4) is 17.5 Å². The van der Waals surface area contributed by atoms with Crippen LogP contribution in [0.25, 0.3) is 0 Å². The Morgan fingerprint density at radius 1 is 1.18 bits per heavy atom. The number of anilines is 1. The average Bonchev–Trinajstić information content (AvgIpc) is 2.78. The van der Waals surface area contributed by atoms with Crippen molar-refractivity contribution in [1.82, 2.24) is 19.6 Å². The van der Waals surface area contributed by atoms with Gasteiger partial charge in [-0.2, -0.15) is 8.42 Å². The first-order valence-electron chi connectivity index (χ1n) is 9.48. The molecule has 2 aromatic carbocycles. The number of fused-ring (bicyclic) bond motifs is 1. The van der Waals surface area contributed by atoms with E-state index in [2.05, 4.69) is 14.7 Å². The van der Waals surface area contributed by atoms with Crippen LogP contribution in [0.2, 0.25) is 0 Å². The Hall–Kier alpha value is -3.84. The van der Waals surface area contributed by atoms with Gasteiger partial charge in [0.25, 0.3) is 10.2 Å². The number of carbonyl (C=O) groups is 1. The minimum Gasteiger partial charge on any atom is -0.421 e. The van der Waals surface area contributed by atoms with E-state index in [-0.39, 0.29) is 41.8 Å². The van der Waals surface area contributed by atoms with Crippen LogP contribution in [0.5, 0.6) is 17.5 Å². The van der Waals surface area contributed by atoms with Gasteiger partial charge in [0.2, 0.25) is 0 Å². The van der Waals surface area contributed by atoms with Crippen LogP contribution >= 0.6 is 0 Å². The number of rotatable bonds is 7. The van der Waals surface area contributed by atoms with Crippen molar-refractivity contribution in [2.75, 3.05) is 11.8 Å². The molecule has 0 saturated carbocycles. The van der Waals surface area contributed by atoms with Crippen LogP contribution in [-0.2, 0) is 23.3 Å². The number of hydrogen-bond acceptors (Lipinski definition) is 7. The molecule has 2 N–H and O–H groups in total. The molecule has 0 bridgehead atoms. The number of nitrogens with zero attached hydrogens (tertiary/aromatic N) is 3. The minimum absolute atomic E-state index is 0.0355. The Balaban J connectivity index is 1.54. The molecular formula is C20H17F2N5O5S. The SMILES string of the molecule is CNS(=O)(=O)Nc1cccc(CN2Cc3cc(F)c(Oc4ncccn4)cc3OC2=O)c1F. The van der Waals surface area contributed by atoms with Crippen molar-refractivity contribution < 1.29 is 31.5 Å². The van der Waals surface area contributed by atoms with Gasteiger partial charge >= 0.3 is 12.1 Å². The van der Waals surface area contributed by atoms with Gasteiger partial charge in [0, 0.05) is 36.6 Å². The molecule has 2 heterocycles. The number of amides is 1. The second kappa shape index (κ2) is 8.96. The second-order valence-corrected chi connectivity index (χ2v) is 8.46. The fourth-order valence-electron chi connectivity index (χ4n) is 3.04. The maximum Gasteiger partial charge on any atom is 0.415 e. The molecule has 3 aromatic rings. The largest absolute Gasteiger partial charge is 0.421 e. The topological polar surface area (TPSA) is 123 Å². The number of halogens is 2. The smallest absolute Gasteiger partial charge is 0.415 e. The zero-order valence-electron chi connectivity index (χ0n) is 17.1. The first-order chi connectivity index (χ1) is 15.8. The maximum absolute atomic E-state index is 14.8. The van der Waals surface area contributed by atoms with Crippen LogP contribution in [0.15, 0.2) is 48.8 Å². The van der Waals surface area contributed by atoms with E-state index in [9.17, 15) is 22.0 Å². The van der Waals surface area contributed by atoms with Gasteiger partial charge < -0.3 is 9.47 Å². The first-order valence-corrected chi connectivity index (χ1v) is 11.0. The third-order valence-corrected chi connectivity index (χ3v) is 5.65. The molecule has 0 spiro atoms. The molecule has 10 nitrogen and oxygen atoms in total. The predicted octanol–water partition coefficient (Wildman–Crippen LogP) is 2.94. The summed E-state index contributed by atoms with van der Waals surface area (Å²) in [4.78, 5) is 21.3. The summed E-state index contributed by atoms with van der Waals surface area (Å²) in [5.41, 5.74) is 0.0813. The molecule has 0 radical (unpaired) electrons. The number of ether oxygens (including phenoxy) is 2. The molecule has 33 heavy (non-hydrogen) atoms. The van der Waals surface area contributed by atoms with Crippen LogP contribution in [0.4, 0.5) is 19.3 Å². The zero-order chi connectivity index (χ0) is 23.6. The van der Waals surface area contributed by atoms with Gasteiger partial charge in [0.1, 0.15) is 5.75 Å². The second-order valence-electron chi connectivity index (χ2n) is 6.84. The summed E-state index contributed by atoms with van der Waals surface area (Å²) in [7, 11) is -2.76. The number of benzene rings is 2. The molecule has 0 atom stereocenters. The third kappa shape index (κ3) is 4.99. The maximum atomic E-state index is 14.8. The highest BCUT2D eigenvalue weighted by Crippen LogP contribution is 2.34. The number of aromatic nitrogens is 2. The molecule has 172 valence electrons. The van der Waals surface area contributed by atoms with Gasteiger partial charge in [-0.15, -0.1) is 0 Å². The third-order valence-electron chi connectivity index (χ3n) is 4.63. The van der Waals surface area contributed by atoms with Crippen molar-refractivity contribution >= 4 is 22.0 Å². The molecular weight excluding hydrogens is 460 g/mol. The van der Waals surface area contributed by atoms with Crippen molar-refractivity contribution in [2.45, 2.75) is 13.1 Å². The molecule has 1 aromatic heterocycles. The molecule has 0 aliphatic carbocycles. The predicted molar refractivity (Wildman–Crippen MR) is 112 cm³/mol. The van der Waals surface area contributed by atoms with E-state index in [4.69, 9.17) is 9.47 Å². The van der Waals surface area contributed by atoms with Crippen LogP contribution in [0, 0.1) is 11.6 Å². The highest BCUT2D eigenvalue weighted by molar-refractivity contribution is 7.90. The Labute approximate surface area is 187 Å². The van der Waals surface area contributed by atoms with Gasteiger partial charge in [-0.25, -0.2) is 28.3 Å². The molecule has 1 aliphatic heterocycles. The van der Waals surface area contributed by atoms with E-state index in [1.54, 1.807) is 6.07 Å². The molecule has 0 fully saturated rings. The number of carbonyl (C=O) groups excluding carboxylic acids is 1. The van der Waals surface area contributed by atoms with E-state index >= 15 is 0 Å². The van der Waals surface area contributed by atoms with Gasteiger partial charge in [-0.3, -0.25) is 9.62 Å². The van der Waals surface area contributed by atoms with Crippen LogP contribution < -0.4 is 18.9 Å². The van der Waals surface area contributed by atoms with Crippen molar-refractivity contribution in [3.63, 3.8) is 0 Å². The molecule has 1 amide bonds. The van der Waals surface area contributed by atoms with Crippen LogP contribution in [0.1, 0.15) is 11.1 Å². The Morgan fingerprint density at radius 3 is 2.67 bits per heavy atom. The lowest BCUT2D eigenvalue weighted by atomic mass is 10.1. The lowest BCUT2D eigenvalue weighted by molar-refractivity contribution is 0.134. The quantitative estimate of drug-likeness (QED) is 0.536. The number of nitrogens with one attached hydrogen (secondary N) is 2. The van der Waals surface area contributed by atoms with E-state index in [1.807, 2.05) is 4.72 Å². The summed E-state index contributed by atoms with van der Waals surface area (Å²) in [6.45, 7) is -0.309. The Kier molecular flexibility index (Phi) is 6.07. The zero-order valence-corrected chi connectivity index (χ0v) is 17.9. The molecule has 4 rings (SSSR count). The van der Waals surface area contributed by atoms with Crippen molar-refractivity contribution in [1.29, 1.82) is 0 Å². The fraction of sp³-hybridized carbons (Fsp3) is 0.150. The van der Waals surface area contributed by atoms with Crippen LogP contribution in [-0.4, -0.2) is 36.4 Å². The first kappa shape index (κ1) is 22.4. The highest BCUT2D eigenvalue weighted by Gasteiger charge is 2.28. The lowest BCUT2D eigenvalue weighted by Crippen LogP contribution is -2.36. The number of hydrogen-bond donors (Lipinski definition) is 2. The summed E-state index contributed by atoms with van der Waals surface area (Å²) >= 11 is 0. The van der Waals surface area contributed by atoms with Crippen molar-refractivity contribution in [3.05, 3.63) is 71.6 Å². The molecule has 0 saturated heterocycles. The Bertz CT molecular complexity index is 1310. The monoisotopic (exact) mass is 477 g/mol. The summed E-state index contributed by atoms with van der Waals surface area (Å²) in [6, 6.07) is 7.91. The molecule has 13 heteroatoms. The standard InChI is InChI=1S/C20H17F2N5O5S/c1-23-33(29,30)26-15-5-2-4-12(18(15)22)10-27-11-13-8-14(21)17(9-16(13)32-20(27)28)31-19-24-6-3-7-25-19/h2-9,23,26H,10-11H2,1H3. The summed E-state index contributed by atoms with van der Waals surface area (Å²) in [6.07, 6.45) is 2.06. The van der Waals surface area contributed by atoms with Crippen molar-refractivity contribution in [2.24, 2.45) is 0 Å². The van der Waals surface area contributed by atoms with Gasteiger partial charge in [-0.1, -0.05) is 12.1 Å². The summed E-state index contributed by atoms with van der Waals surface area (Å²) < 4.78 is 67.3. The lowest BCUT2D eigenvalue weighted by Gasteiger charge is -2.28. The van der Waals surface area contributed by atoms with Gasteiger partial charge in [0.15, 0.2) is 17.4 Å². The summed E-state index contributed by atoms with van der Waals surface area (Å²) in [5.74, 6) is -1.72. The fourth-order valence-corrected chi connectivity index (χ4v) is 3.59. The highest BCUT2D eigenvalue weighted by atomic mass is 32.2. The van der Waals surface area contributed by atoms with Gasteiger partial charge in [0.05, 0.1) is 18.8 Å². The Morgan fingerprint density at radius 2 is 1.94 bits per heavy atom. The normalized spacial score (nSPS) is 13.3. The average molecular weight is 477 g/mol. The van der Waals surface area contributed by atoms with E-state index in [1.165, 1.54) is 43.7 Å². The minimum atomic E-state index is -3.93. The molecule has 0 unspecified atom stereocenters. The summed E-state index contributed by atoms with van der Waals surface area (Å²) in [5, 5.41) is 0. The van der Waals surface area contributed by atoms with Gasteiger partial charge in [-0.05, 0) is 18.2 Å². The molecule has 1 aliphatic rings. The van der Waals surface area contributed by atoms with E-state index in [0.717, 1.165) is 11.0 Å². The van der Waals surface area contributed by atoms with E-state index in [0.29, 0.717) is 5.56 Å². The van der Waals surface area contributed by atoms with Crippen LogP contribution in [0.3, 0.4) is 0 Å².